The van der Waals surface area contributed by atoms with Crippen LogP contribution in [-0.4, -0.2) is 106 Å². The van der Waals surface area contributed by atoms with E-state index in [1.54, 1.807) is 7.11 Å². The maximum Gasteiger partial charge on any atom is 0.253 e. The first kappa shape index (κ1) is 34.0. The van der Waals surface area contributed by atoms with E-state index in [9.17, 15) is 9.59 Å². The summed E-state index contributed by atoms with van der Waals surface area (Å²) in [6.07, 6.45) is 4.45. The zero-order chi connectivity index (χ0) is 31.6. The molecular formula is C34H53N5O5. The summed E-state index contributed by atoms with van der Waals surface area (Å²) in [7, 11) is 3.95. The highest BCUT2D eigenvalue weighted by atomic mass is 16.5. The Morgan fingerprint density at radius 1 is 1.07 bits per heavy atom. The Bertz CT molecular complexity index is 1280. The zero-order valence-electron chi connectivity index (χ0n) is 27.7. The first-order valence-corrected chi connectivity index (χ1v) is 16.2. The molecule has 1 aromatic heterocycles. The number of benzene rings is 1. The van der Waals surface area contributed by atoms with E-state index in [1.165, 1.54) is 0 Å². The lowest BCUT2D eigenvalue weighted by molar-refractivity contribution is 0.0322. The van der Waals surface area contributed by atoms with E-state index in [-0.39, 0.29) is 18.0 Å². The predicted octanol–water partition coefficient (Wildman–Crippen LogP) is 3.66. The van der Waals surface area contributed by atoms with Gasteiger partial charge in [0.05, 0.1) is 19.8 Å². The van der Waals surface area contributed by atoms with Crippen molar-refractivity contribution in [3.63, 3.8) is 0 Å². The Morgan fingerprint density at radius 2 is 1.77 bits per heavy atom. The van der Waals surface area contributed by atoms with Crippen molar-refractivity contribution < 1.29 is 19.0 Å². The number of nitrogens with zero attached hydrogens (tertiary/aromatic N) is 3. The van der Waals surface area contributed by atoms with Crippen molar-refractivity contribution in [3.8, 4) is 5.75 Å². The smallest absolute Gasteiger partial charge is 0.253 e. The molecule has 244 valence electrons. The standard InChI is InChI=1S/C34H53N5O5/c1-7-39(28-10-8-27(9-11-28)37(5)12-16-42-6)32-22-29(44-19-15-38-13-17-43-18-14-38)21-30(26(32)4)33(40)35-23-31-24(2)20-25(3)36-34(31)41/h20-22,27-28H,7-19,23H2,1-6H3,(H,35,40)(H,36,41). The maximum atomic E-state index is 13.7. The highest BCUT2D eigenvalue weighted by Crippen LogP contribution is 2.35. The normalized spacial score (nSPS) is 19.2. The van der Waals surface area contributed by atoms with Gasteiger partial charge in [-0.1, -0.05) is 0 Å². The molecule has 2 aliphatic rings. The fourth-order valence-electron chi connectivity index (χ4n) is 6.63. The molecule has 2 fully saturated rings. The van der Waals surface area contributed by atoms with E-state index in [0.29, 0.717) is 35.6 Å². The summed E-state index contributed by atoms with van der Waals surface area (Å²) in [5, 5.41) is 3.02. The van der Waals surface area contributed by atoms with Crippen LogP contribution in [0.2, 0.25) is 0 Å². The van der Waals surface area contributed by atoms with Crippen molar-refractivity contribution in [2.24, 2.45) is 0 Å². The first-order chi connectivity index (χ1) is 21.2. The molecule has 44 heavy (non-hydrogen) atoms. The van der Waals surface area contributed by atoms with E-state index < -0.39 is 0 Å². The summed E-state index contributed by atoms with van der Waals surface area (Å²) < 4.78 is 17.1. The number of morpholine rings is 1. The van der Waals surface area contributed by atoms with Gasteiger partial charge >= 0.3 is 0 Å². The largest absolute Gasteiger partial charge is 0.492 e. The van der Waals surface area contributed by atoms with E-state index in [0.717, 1.165) is 101 Å². The van der Waals surface area contributed by atoms with Gasteiger partial charge in [0.15, 0.2) is 0 Å². The third-order valence-corrected chi connectivity index (χ3v) is 9.33. The van der Waals surface area contributed by atoms with Crippen LogP contribution in [0.1, 0.15) is 65.3 Å². The van der Waals surface area contributed by atoms with Gasteiger partial charge in [-0.2, -0.15) is 0 Å². The topological polar surface area (TPSA) is 99.4 Å². The van der Waals surface area contributed by atoms with Crippen LogP contribution in [0.3, 0.4) is 0 Å². The summed E-state index contributed by atoms with van der Waals surface area (Å²) >= 11 is 0. The summed E-state index contributed by atoms with van der Waals surface area (Å²) in [5.74, 6) is 0.487. The molecule has 0 spiro atoms. The third kappa shape index (κ3) is 8.84. The minimum Gasteiger partial charge on any atom is -0.492 e. The molecule has 10 nitrogen and oxygen atoms in total. The number of likely N-dealkylation sites (N-methyl/N-ethyl adjacent to an activating group) is 1. The van der Waals surface area contributed by atoms with E-state index >= 15 is 0 Å². The lowest BCUT2D eigenvalue weighted by atomic mass is 9.88. The van der Waals surface area contributed by atoms with Crippen LogP contribution < -0.4 is 20.5 Å². The number of hydrogen-bond acceptors (Lipinski definition) is 8. The van der Waals surface area contributed by atoms with Crippen LogP contribution in [0.4, 0.5) is 5.69 Å². The van der Waals surface area contributed by atoms with Crippen molar-refractivity contribution in [2.75, 3.05) is 78.2 Å². The fourth-order valence-corrected chi connectivity index (χ4v) is 6.63. The summed E-state index contributed by atoms with van der Waals surface area (Å²) in [5.41, 5.74) is 4.63. The number of hydrogen-bond donors (Lipinski definition) is 2. The molecule has 2 heterocycles. The Balaban J connectivity index is 1.54. The number of pyridine rings is 1. The highest BCUT2D eigenvalue weighted by Gasteiger charge is 2.29. The number of aromatic amines is 1. The molecular weight excluding hydrogens is 558 g/mol. The average molecular weight is 612 g/mol. The SMILES string of the molecule is CCN(c1cc(OCCN2CCOCC2)cc(C(=O)NCc2c(C)cc(C)[nH]c2=O)c1C)C1CCC(N(C)CCOC)CC1. The molecule has 1 amide bonds. The van der Waals surface area contributed by atoms with Gasteiger partial charge in [0.25, 0.3) is 11.5 Å². The molecule has 1 aliphatic heterocycles. The van der Waals surface area contributed by atoms with Crippen LogP contribution in [0.15, 0.2) is 23.0 Å². The molecule has 0 bridgehead atoms. The minimum absolute atomic E-state index is 0.162. The second kappa shape index (κ2) is 16.4. The van der Waals surface area contributed by atoms with E-state index in [1.807, 2.05) is 32.9 Å². The van der Waals surface area contributed by atoms with Gasteiger partial charge in [-0.25, -0.2) is 0 Å². The molecule has 1 aliphatic carbocycles. The molecule has 2 N–H and O–H groups in total. The Hall–Kier alpha value is -2.92. The number of methoxy groups -OCH3 is 1. The van der Waals surface area contributed by atoms with E-state index in [2.05, 4.69) is 45.0 Å². The van der Waals surface area contributed by atoms with E-state index in [4.69, 9.17) is 14.2 Å². The number of aryl methyl sites for hydroxylation is 2. The van der Waals surface area contributed by atoms with Crippen molar-refractivity contribution in [1.29, 1.82) is 0 Å². The summed E-state index contributed by atoms with van der Waals surface area (Å²) in [6.45, 7) is 15.3. The van der Waals surface area contributed by atoms with Gasteiger partial charge in [0, 0.05) is 87.0 Å². The number of anilines is 1. The number of aromatic nitrogens is 1. The minimum atomic E-state index is -0.207. The molecule has 1 aromatic carbocycles. The van der Waals surface area contributed by atoms with Gasteiger partial charge in [-0.3, -0.25) is 14.5 Å². The maximum absolute atomic E-state index is 13.7. The molecule has 0 atom stereocenters. The molecule has 0 radical (unpaired) electrons. The van der Waals surface area contributed by atoms with Gasteiger partial charge in [0.2, 0.25) is 0 Å². The Kier molecular flexibility index (Phi) is 12.7. The quantitative estimate of drug-likeness (QED) is 0.334. The Labute approximate surface area is 263 Å². The van der Waals surface area contributed by atoms with Gasteiger partial charge in [-0.05, 0) is 83.7 Å². The van der Waals surface area contributed by atoms with Crippen LogP contribution in [-0.2, 0) is 16.0 Å². The van der Waals surface area contributed by atoms with Crippen molar-refractivity contribution in [3.05, 3.63) is 56.5 Å². The van der Waals surface area contributed by atoms with Gasteiger partial charge in [0.1, 0.15) is 12.4 Å². The molecule has 1 saturated carbocycles. The van der Waals surface area contributed by atoms with Gasteiger partial charge < -0.3 is 34.3 Å². The first-order valence-electron chi connectivity index (χ1n) is 16.2. The average Bonchev–Trinajstić information content (AvgIpc) is 3.01. The zero-order valence-corrected chi connectivity index (χ0v) is 27.7. The molecule has 1 saturated heterocycles. The number of amides is 1. The number of nitrogens with one attached hydrogen (secondary N) is 2. The predicted molar refractivity (Wildman–Crippen MR) is 175 cm³/mol. The molecule has 10 heteroatoms. The van der Waals surface area contributed by atoms with Crippen LogP contribution in [0.5, 0.6) is 5.75 Å². The lowest BCUT2D eigenvalue weighted by Gasteiger charge is -2.41. The van der Waals surface area contributed by atoms with Crippen LogP contribution in [0, 0.1) is 20.8 Å². The summed E-state index contributed by atoms with van der Waals surface area (Å²) in [6, 6.07) is 6.85. The second-order valence-corrected chi connectivity index (χ2v) is 12.3. The number of H-pyrrole nitrogens is 1. The van der Waals surface area contributed by atoms with Gasteiger partial charge in [-0.15, -0.1) is 0 Å². The monoisotopic (exact) mass is 611 g/mol. The lowest BCUT2D eigenvalue weighted by Crippen LogP contribution is -2.44. The van der Waals surface area contributed by atoms with Crippen LogP contribution >= 0.6 is 0 Å². The summed E-state index contributed by atoms with van der Waals surface area (Å²) in [4.78, 5) is 36.4. The molecule has 2 aromatic rings. The fraction of sp³-hybridized carbons (Fsp3) is 0.647. The number of carbonyl (C=O) groups is 1. The number of rotatable bonds is 14. The highest BCUT2D eigenvalue weighted by molar-refractivity contribution is 5.97. The number of ether oxygens (including phenoxy) is 3. The Morgan fingerprint density at radius 3 is 2.43 bits per heavy atom. The number of carbonyl (C=O) groups excluding carboxylic acids is 1. The second-order valence-electron chi connectivity index (χ2n) is 12.3. The van der Waals surface area contributed by atoms with Crippen molar-refractivity contribution >= 4 is 11.6 Å². The van der Waals surface area contributed by atoms with Crippen LogP contribution in [0.25, 0.3) is 0 Å². The third-order valence-electron chi connectivity index (χ3n) is 9.33. The molecule has 0 unspecified atom stereocenters. The van der Waals surface area contributed by atoms with Crippen molar-refractivity contribution in [1.82, 2.24) is 20.1 Å². The van der Waals surface area contributed by atoms with Crippen molar-refractivity contribution in [2.45, 2.75) is 72.0 Å². The molecule has 4 rings (SSSR count).